The van der Waals surface area contributed by atoms with Crippen LogP contribution in [0.15, 0.2) is 23.1 Å². The van der Waals surface area contributed by atoms with Crippen molar-refractivity contribution in [1.82, 2.24) is 14.4 Å². The van der Waals surface area contributed by atoms with E-state index in [4.69, 9.17) is 4.74 Å². The quantitative estimate of drug-likeness (QED) is 0.779. The Hall–Kier alpha value is -1.14. The molecule has 2 saturated heterocycles. The first-order valence-electron chi connectivity index (χ1n) is 7.95. The van der Waals surface area contributed by atoms with E-state index in [-0.39, 0.29) is 0 Å². The Labute approximate surface area is 138 Å². The first-order chi connectivity index (χ1) is 10.6. The molecule has 2 aromatic rings. The van der Waals surface area contributed by atoms with Crippen LogP contribution in [0.5, 0.6) is 0 Å². The Bertz CT molecular complexity index is 693. The minimum atomic E-state index is 0.360. The molecule has 0 aromatic carbocycles. The molecule has 6 heteroatoms. The number of imidazole rings is 1. The van der Waals surface area contributed by atoms with Crippen LogP contribution >= 0.6 is 15.9 Å². The molecule has 22 heavy (non-hydrogen) atoms. The lowest BCUT2D eigenvalue weighted by atomic mass is 9.70. The van der Waals surface area contributed by atoms with Crippen molar-refractivity contribution in [3.8, 4) is 0 Å². The van der Waals surface area contributed by atoms with Gasteiger partial charge in [-0.15, -0.1) is 0 Å². The molecule has 0 saturated carbocycles. The summed E-state index contributed by atoms with van der Waals surface area (Å²) in [6, 6.07) is 0. The van der Waals surface area contributed by atoms with Crippen LogP contribution in [0.4, 0.5) is 5.95 Å². The zero-order valence-electron chi connectivity index (χ0n) is 13.0. The molecule has 2 aliphatic heterocycles. The van der Waals surface area contributed by atoms with Crippen molar-refractivity contribution in [3.63, 3.8) is 0 Å². The maximum Gasteiger partial charge on any atom is 0.211 e. The molecule has 2 fully saturated rings. The summed E-state index contributed by atoms with van der Waals surface area (Å²) < 4.78 is 8.92. The van der Waals surface area contributed by atoms with E-state index in [0.717, 1.165) is 35.8 Å². The average molecular weight is 365 g/mol. The van der Waals surface area contributed by atoms with Crippen molar-refractivity contribution in [2.45, 2.75) is 32.8 Å². The number of hydrogen-bond donors (Lipinski definition) is 0. The second-order valence-corrected chi connectivity index (χ2v) is 7.54. The third-order valence-corrected chi connectivity index (χ3v) is 6.27. The number of anilines is 1. The highest BCUT2D eigenvalue weighted by atomic mass is 79.9. The molecule has 0 amide bonds. The second-order valence-electron chi connectivity index (χ2n) is 6.68. The SMILES string of the molecule is C[C@@H]1OCC2(CCN(c3ncc(Br)c4nccn34)CC2)[C@@H]1C. The molecular weight excluding hydrogens is 344 g/mol. The van der Waals surface area contributed by atoms with Gasteiger partial charge >= 0.3 is 0 Å². The highest BCUT2D eigenvalue weighted by Gasteiger charge is 2.47. The predicted molar refractivity (Wildman–Crippen MR) is 89.1 cm³/mol. The van der Waals surface area contributed by atoms with E-state index in [1.54, 1.807) is 0 Å². The lowest BCUT2D eigenvalue weighted by molar-refractivity contribution is 0.0969. The van der Waals surface area contributed by atoms with Crippen molar-refractivity contribution in [1.29, 1.82) is 0 Å². The summed E-state index contributed by atoms with van der Waals surface area (Å²) in [4.78, 5) is 11.4. The van der Waals surface area contributed by atoms with Gasteiger partial charge in [-0.25, -0.2) is 9.97 Å². The van der Waals surface area contributed by atoms with Crippen LogP contribution in [-0.2, 0) is 4.74 Å². The van der Waals surface area contributed by atoms with Gasteiger partial charge in [0.05, 0.1) is 17.2 Å². The highest BCUT2D eigenvalue weighted by molar-refractivity contribution is 9.10. The Morgan fingerprint density at radius 2 is 2.05 bits per heavy atom. The number of halogens is 1. The fourth-order valence-electron chi connectivity index (χ4n) is 3.93. The zero-order chi connectivity index (χ0) is 15.3. The van der Waals surface area contributed by atoms with Gasteiger partial charge in [0.25, 0.3) is 0 Å². The molecule has 4 heterocycles. The molecule has 0 aliphatic carbocycles. The van der Waals surface area contributed by atoms with Crippen LogP contribution in [0, 0.1) is 11.3 Å². The van der Waals surface area contributed by atoms with E-state index >= 15 is 0 Å². The van der Waals surface area contributed by atoms with E-state index in [2.05, 4.69) is 49.0 Å². The van der Waals surface area contributed by atoms with Gasteiger partial charge in [0.15, 0.2) is 5.65 Å². The van der Waals surface area contributed by atoms with E-state index < -0.39 is 0 Å². The van der Waals surface area contributed by atoms with Gasteiger partial charge in [0, 0.05) is 37.1 Å². The van der Waals surface area contributed by atoms with Gasteiger partial charge in [0.1, 0.15) is 0 Å². The summed E-state index contributed by atoms with van der Waals surface area (Å²) in [6.45, 7) is 7.53. The molecule has 1 spiro atoms. The van der Waals surface area contributed by atoms with Gasteiger partial charge in [-0.2, -0.15) is 0 Å². The molecule has 0 bridgehead atoms. The third kappa shape index (κ3) is 2.07. The Balaban J connectivity index is 1.59. The standard InChI is InChI=1S/C16H21BrN4O/c1-11-12(2)22-10-16(11)3-6-20(7-4-16)15-19-9-13(17)14-18-5-8-21(14)15/h5,8-9,11-12H,3-4,6-7,10H2,1-2H3/t11-,12+/m1/s1. The molecule has 2 atom stereocenters. The average Bonchev–Trinajstić information content (AvgIpc) is 3.12. The van der Waals surface area contributed by atoms with Crippen LogP contribution in [0.3, 0.4) is 0 Å². The van der Waals surface area contributed by atoms with Crippen molar-refractivity contribution in [3.05, 3.63) is 23.1 Å². The topological polar surface area (TPSA) is 42.7 Å². The second kappa shape index (κ2) is 5.20. The smallest absolute Gasteiger partial charge is 0.211 e. The minimum Gasteiger partial charge on any atom is -0.378 e. The van der Waals surface area contributed by atoms with Crippen LogP contribution in [0.25, 0.3) is 5.65 Å². The molecule has 2 aromatic heterocycles. The maximum absolute atomic E-state index is 5.92. The summed E-state index contributed by atoms with van der Waals surface area (Å²) >= 11 is 3.52. The fraction of sp³-hybridized carbons (Fsp3) is 0.625. The molecule has 5 nitrogen and oxygen atoms in total. The van der Waals surface area contributed by atoms with Crippen molar-refractivity contribution in [2.75, 3.05) is 24.6 Å². The Kier molecular flexibility index (Phi) is 3.42. The van der Waals surface area contributed by atoms with Crippen LogP contribution in [0.2, 0.25) is 0 Å². The molecule has 0 N–H and O–H groups in total. The maximum atomic E-state index is 5.92. The minimum absolute atomic E-state index is 0.360. The molecule has 0 unspecified atom stereocenters. The number of rotatable bonds is 1. The normalized spacial score (nSPS) is 27.9. The largest absolute Gasteiger partial charge is 0.378 e. The van der Waals surface area contributed by atoms with Gasteiger partial charge in [-0.3, -0.25) is 4.40 Å². The number of ether oxygens (including phenoxy) is 1. The fourth-order valence-corrected chi connectivity index (χ4v) is 4.33. The molecular formula is C16H21BrN4O. The third-order valence-electron chi connectivity index (χ3n) is 5.71. The van der Waals surface area contributed by atoms with E-state index in [1.807, 2.05) is 18.6 Å². The highest BCUT2D eigenvalue weighted by Crippen LogP contribution is 2.46. The van der Waals surface area contributed by atoms with Crippen LogP contribution < -0.4 is 4.90 Å². The summed E-state index contributed by atoms with van der Waals surface area (Å²) in [7, 11) is 0. The number of aromatic nitrogens is 3. The first kappa shape index (κ1) is 14.5. The summed E-state index contributed by atoms with van der Waals surface area (Å²) in [6.07, 6.45) is 8.39. The predicted octanol–water partition coefficient (Wildman–Crippen LogP) is 3.13. The first-order valence-corrected chi connectivity index (χ1v) is 8.74. The van der Waals surface area contributed by atoms with Crippen molar-refractivity contribution < 1.29 is 4.74 Å². The summed E-state index contributed by atoms with van der Waals surface area (Å²) in [5.41, 5.74) is 1.29. The summed E-state index contributed by atoms with van der Waals surface area (Å²) in [5, 5.41) is 0. The van der Waals surface area contributed by atoms with Crippen LogP contribution in [0.1, 0.15) is 26.7 Å². The summed E-state index contributed by atoms with van der Waals surface area (Å²) in [5.74, 6) is 1.63. The van der Waals surface area contributed by atoms with Crippen molar-refractivity contribution in [2.24, 2.45) is 11.3 Å². The number of hydrogen-bond acceptors (Lipinski definition) is 4. The zero-order valence-corrected chi connectivity index (χ0v) is 14.6. The van der Waals surface area contributed by atoms with Gasteiger partial charge in [0.2, 0.25) is 5.95 Å². The molecule has 2 aliphatic rings. The number of fused-ring (bicyclic) bond motifs is 1. The molecule has 118 valence electrons. The van der Waals surface area contributed by atoms with Gasteiger partial charge in [-0.05, 0) is 41.6 Å². The van der Waals surface area contributed by atoms with Gasteiger partial charge < -0.3 is 9.64 Å². The number of nitrogens with zero attached hydrogens (tertiary/aromatic N) is 4. The Morgan fingerprint density at radius 1 is 1.27 bits per heavy atom. The molecule has 4 rings (SSSR count). The number of piperidine rings is 1. The van der Waals surface area contributed by atoms with E-state index in [1.165, 1.54) is 12.8 Å². The van der Waals surface area contributed by atoms with Crippen LogP contribution in [-0.4, -0.2) is 40.2 Å². The lowest BCUT2D eigenvalue weighted by Gasteiger charge is -2.41. The Morgan fingerprint density at radius 3 is 2.73 bits per heavy atom. The lowest BCUT2D eigenvalue weighted by Crippen LogP contribution is -2.44. The van der Waals surface area contributed by atoms with E-state index in [0.29, 0.717) is 17.4 Å². The van der Waals surface area contributed by atoms with E-state index in [9.17, 15) is 0 Å². The monoisotopic (exact) mass is 364 g/mol. The van der Waals surface area contributed by atoms with Gasteiger partial charge in [-0.1, -0.05) is 6.92 Å². The molecule has 0 radical (unpaired) electrons. The van der Waals surface area contributed by atoms with Crippen molar-refractivity contribution >= 4 is 27.5 Å².